The summed E-state index contributed by atoms with van der Waals surface area (Å²) in [6, 6.07) is 7.82. The van der Waals surface area contributed by atoms with Crippen LogP contribution in [0.4, 0.5) is 0 Å². The molecular formula is C7H6BO2. The lowest BCUT2D eigenvalue weighted by Crippen LogP contribution is -2.14. The molecule has 0 saturated carbocycles. The topological polar surface area (TPSA) is 18.5 Å². The van der Waals surface area contributed by atoms with Gasteiger partial charge in [0.15, 0.2) is 0 Å². The van der Waals surface area contributed by atoms with E-state index in [1.807, 2.05) is 24.3 Å². The van der Waals surface area contributed by atoms with Crippen LogP contribution in [0, 0.1) is 0 Å². The van der Waals surface area contributed by atoms with Crippen LogP contribution in [-0.4, -0.2) is 7.69 Å². The summed E-state index contributed by atoms with van der Waals surface area (Å²) in [6.45, 7) is 0.621. The number of hydrogen-bond acceptors (Lipinski definition) is 2. The van der Waals surface area contributed by atoms with Crippen LogP contribution in [0.5, 0.6) is 5.75 Å². The van der Waals surface area contributed by atoms with E-state index in [0.717, 1.165) is 11.3 Å². The van der Waals surface area contributed by atoms with Crippen LogP contribution in [0.2, 0.25) is 0 Å². The highest BCUT2D eigenvalue weighted by Crippen LogP contribution is 2.20. The van der Waals surface area contributed by atoms with Gasteiger partial charge in [-0.2, -0.15) is 0 Å². The molecule has 0 amide bonds. The Bertz CT molecular complexity index is 212. The first-order valence-electron chi connectivity index (χ1n) is 3.15. The van der Waals surface area contributed by atoms with Gasteiger partial charge in [-0.05, 0) is 6.07 Å². The Hall–Kier alpha value is -0.955. The molecule has 2 nitrogen and oxygen atoms in total. The van der Waals surface area contributed by atoms with Crippen LogP contribution in [0.25, 0.3) is 0 Å². The van der Waals surface area contributed by atoms with Gasteiger partial charge in [0, 0.05) is 5.56 Å². The zero-order valence-electron chi connectivity index (χ0n) is 5.41. The Labute approximate surface area is 60.1 Å². The van der Waals surface area contributed by atoms with E-state index in [1.165, 1.54) is 7.69 Å². The third kappa shape index (κ3) is 0.886. The maximum Gasteiger partial charge on any atom is 0.572 e. The largest absolute Gasteiger partial charge is 0.572 e. The van der Waals surface area contributed by atoms with Crippen molar-refractivity contribution in [2.45, 2.75) is 6.61 Å². The smallest absolute Gasteiger partial charge is 0.537 e. The summed E-state index contributed by atoms with van der Waals surface area (Å²) in [6.07, 6.45) is 0. The predicted molar refractivity (Wildman–Crippen MR) is 37.6 cm³/mol. The van der Waals surface area contributed by atoms with Crippen LogP contribution >= 0.6 is 0 Å². The Morgan fingerprint density at radius 2 is 2.20 bits per heavy atom. The highest BCUT2D eigenvalue weighted by atomic mass is 16.6. The molecule has 1 heterocycles. The van der Waals surface area contributed by atoms with Crippen molar-refractivity contribution in [3.8, 4) is 5.75 Å². The third-order valence-corrected chi connectivity index (χ3v) is 1.45. The normalized spacial score (nSPS) is 14.8. The van der Waals surface area contributed by atoms with E-state index >= 15 is 0 Å². The van der Waals surface area contributed by atoms with Gasteiger partial charge in [-0.3, -0.25) is 0 Å². The molecule has 0 unspecified atom stereocenters. The second-order valence-electron chi connectivity index (χ2n) is 2.13. The molecule has 1 aliphatic heterocycles. The first-order chi connectivity index (χ1) is 4.97. The van der Waals surface area contributed by atoms with E-state index in [2.05, 4.69) is 0 Å². The summed E-state index contributed by atoms with van der Waals surface area (Å²) < 4.78 is 10.0. The van der Waals surface area contributed by atoms with Gasteiger partial charge in [0.25, 0.3) is 0 Å². The van der Waals surface area contributed by atoms with Crippen LogP contribution in [-0.2, 0) is 11.3 Å². The SMILES string of the molecule is [B]1OCc2ccccc2O1. The highest BCUT2D eigenvalue weighted by Gasteiger charge is 2.10. The summed E-state index contributed by atoms with van der Waals surface area (Å²) in [4.78, 5) is 0. The van der Waals surface area contributed by atoms with E-state index in [-0.39, 0.29) is 0 Å². The molecule has 1 aromatic rings. The van der Waals surface area contributed by atoms with Gasteiger partial charge < -0.3 is 9.31 Å². The van der Waals surface area contributed by atoms with Gasteiger partial charge in [0.1, 0.15) is 5.75 Å². The minimum atomic E-state index is 0.621. The summed E-state index contributed by atoms with van der Waals surface area (Å²) in [5, 5.41) is 0. The lowest BCUT2D eigenvalue weighted by Gasteiger charge is -2.15. The van der Waals surface area contributed by atoms with Crippen LogP contribution < -0.4 is 4.65 Å². The van der Waals surface area contributed by atoms with Crippen molar-refractivity contribution < 1.29 is 9.31 Å². The molecule has 1 aromatic carbocycles. The van der Waals surface area contributed by atoms with Crippen molar-refractivity contribution >= 4 is 7.69 Å². The van der Waals surface area contributed by atoms with Gasteiger partial charge in [-0.25, -0.2) is 0 Å². The Kier molecular flexibility index (Phi) is 1.36. The minimum absolute atomic E-state index is 0.621. The average molecular weight is 133 g/mol. The van der Waals surface area contributed by atoms with E-state index in [4.69, 9.17) is 9.31 Å². The predicted octanol–water partition coefficient (Wildman–Crippen LogP) is 1.13. The van der Waals surface area contributed by atoms with Crippen LogP contribution in [0.3, 0.4) is 0 Å². The molecule has 49 valence electrons. The molecule has 10 heavy (non-hydrogen) atoms. The maximum atomic E-state index is 5.08. The number of fused-ring (bicyclic) bond motifs is 1. The molecule has 0 bridgehead atoms. The van der Waals surface area contributed by atoms with Gasteiger partial charge in [-0.1, -0.05) is 18.2 Å². The maximum absolute atomic E-state index is 5.08. The monoisotopic (exact) mass is 133 g/mol. The molecule has 0 N–H and O–H groups in total. The second kappa shape index (κ2) is 2.35. The fourth-order valence-electron chi connectivity index (χ4n) is 0.948. The molecule has 3 heteroatoms. The standard InChI is InChI=1S/C7H6BO2/c1-2-4-7-6(3-1)5-9-8-10-7/h1-4H,5H2. The first-order valence-corrected chi connectivity index (χ1v) is 3.15. The summed E-state index contributed by atoms with van der Waals surface area (Å²) in [5.41, 5.74) is 1.10. The molecular weight excluding hydrogens is 127 g/mol. The zero-order chi connectivity index (χ0) is 6.81. The summed E-state index contributed by atoms with van der Waals surface area (Å²) in [5.74, 6) is 0.897. The van der Waals surface area contributed by atoms with Crippen molar-refractivity contribution in [2.24, 2.45) is 0 Å². The molecule has 2 rings (SSSR count). The number of benzene rings is 1. The van der Waals surface area contributed by atoms with Crippen molar-refractivity contribution in [3.63, 3.8) is 0 Å². The zero-order valence-corrected chi connectivity index (χ0v) is 5.41. The van der Waals surface area contributed by atoms with E-state index in [1.54, 1.807) is 0 Å². The number of para-hydroxylation sites is 1. The highest BCUT2D eigenvalue weighted by molar-refractivity contribution is 6.19. The van der Waals surface area contributed by atoms with Crippen LogP contribution in [0.1, 0.15) is 5.56 Å². The molecule has 0 atom stereocenters. The molecule has 1 aliphatic rings. The van der Waals surface area contributed by atoms with Crippen molar-refractivity contribution in [1.29, 1.82) is 0 Å². The second-order valence-corrected chi connectivity index (χ2v) is 2.13. The molecule has 0 fully saturated rings. The van der Waals surface area contributed by atoms with Crippen molar-refractivity contribution in [2.75, 3.05) is 0 Å². The number of hydrogen-bond donors (Lipinski definition) is 0. The molecule has 0 spiro atoms. The molecule has 0 aromatic heterocycles. The Morgan fingerprint density at radius 3 is 3.10 bits per heavy atom. The molecule has 0 saturated heterocycles. The van der Waals surface area contributed by atoms with Gasteiger partial charge in [-0.15, -0.1) is 0 Å². The summed E-state index contributed by atoms with van der Waals surface area (Å²) in [7, 11) is 1.36. The minimum Gasteiger partial charge on any atom is -0.537 e. The first kappa shape index (κ1) is 5.80. The van der Waals surface area contributed by atoms with Gasteiger partial charge >= 0.3 is 7.69 Å². The molecule has 1 radical (unpaired) electrons. The third-order valence-electron chi connectivity index (χ3n) is 1.45. The van der Waals surface area contributed by atoms with Crippen molar-refractivity contribution in [3.05, 3.63) is 29.8 Å². The fourth-order valence-corrected chi connectivity index (χ4v) is 0.948. The summed E-state index contributed by atoms with van der Waals surface area (Å²) >= 11 is 0. The lowest BCUT2D eigenvalue weighted by atomic mass is 10.1. The van der Waals surface area contributed by atoms with Crippen LogP contribution in [0.15, 0.2) is 24.3 Å². The van der Waals surface area contributed by atoms with E-state index < -0.39 is 0 Å². The average Bonchev–Trinajstić information content (AvgIpc) is 2.05. The quantitative estimate of drug-likeness (QED) is 0.493. The number of rotatable bonds is 0. The van der Waals surface area contributed by atoms with E-state index in [9.17, 15) is 0 Å². The Morgan fingerprint density at radius 1 is 1.30 bits per heavy atom. The fraction of sp³-hybridized carbons (Fsp3) is 0.143. The lowest BCUT2D eigenvalue weighted by molar-refractivity contribution is 0.252. The Balaban J connectivity index is 2.41. The van der Waals surface area contributed by atoms with Gasteiger partial charge in [0.2, 0.25) is 0 Å². The van der Waals surface area contributed by atoms with Gasteiger partial charge in [0.05, 0.1) is 6.61 Å². The van der Waals surface area contributed by atoms with E-state index in [0.29, 0.717) is 6.61 Å². The molecule has 0 aliphatic carbocycles. The van der Waals surface area contributed by atoms with Crippen molar-refractivity contribution in [1.82, 2.24) is 0 Å².